The van der Waals surface area contributed by atoms with Crippen molar-refractivity contribution in [1.29, 1.82) is 0 Å². The van der Waals surface area contributed by atoms with E-state index in [1.165, 1.54) is 5.56 Å². The molecule has 1 aliphatic rings. The van der Waals surface area contributed by atoms with Gasteiger partial charge in [0.05, 0.1) is 0 Å². The van der Waals surface area contributed by atoms with E-state index in [1.54, 1.807) is 24.2 Å². The highest BCUT2D eigenvalue weighted by molar-refractivity contribution is 7.99. The number of hydrogen-bond acceptors (Lipinski definition) is 4. The van der Waals surface area contributed by atoms with Gasteiger partial charge in [0.2, 0.25) is 11.8 Å². The SMILES string of the molecule is NC(=O)C1CCN(C(=O)CCSCCc2ccncc2)CC1. The quantitative estimate of drug-likeness (QED) is 0.772. The van der Waals surface area contributed by atoms with Crippen LogP contribution in [0.2, 0.25) is 0 Å². The number of carbonyl (C=O) groups is 2. The first-order chi connectivity index (χ1) is 10.7. The van der Waals surface area contributed by atoms with E-state index >= 15 is 0 Å². The molecule has 2 amide bonds. The lowest BCUT2D eigenvalue weighted by Crippen LogP contribution is -2.41. The third-order valence-corrected chi connectivity index (χ3v) is 4.98. The fourth-order valence-electron chi connectivity index (χ4n) is 2.57. The van der Waals surface area contributed by atoms with Gasteiger partial charge in [0.15, 0.2) is 0 Å². The first-order valence-electron chi connectivity index (χ1n) is 7.70. The molecule has 5 nitrogen and oxygen atoms in total. The Bertz CT molecular complexity index is 487. The van der Waals surface area contributed by atoms with E-state index in [1.807, 2.05) is 17.0 Å². The molecule has 0 saturated carbocycles. The molecular weight excluding hydrogens is 298 g/mol. The lowest BCUT2D eigenvalue weighted by Gasteiger charge is -2.30. The van der Waals surface area contributed by atoms with Crippen molar-refractivity contribution in [3.8, 4) is 0 Å². The van der Waals surface area contributed by atoms with Crippen molar-refractivity contribution in [2.45, 2.75) is 25.7 Å². The highest BCUT2D eigenvalue weighted by Gasteiger charge is 2.25. The predicted octanol–water partition coefficient (Wildman–Crippen LogP) is 1.47. The standard InChI is InChI=1S/C16H23N3O2S/c17-16(21)14-3-9-19(10-4-14)15(20)6-12-22-11-5-13-1-7-18-8-2-13/h1-2,7-8,14H,3-6,9-12H2,(H2,17,21). The maximum Gasteiger partial charge on any atom is 0.223 e. The van der Waals surface area contributed by atoms with Crippen molar-refractivity contribution >= 4 is 23.6 Å². The van der Waals surface area contributed by atoms with Gasteiger partial charge in [-0.15, -0.1) is 0 Å². The average molecular weight is 321 g/mol. The molecule has 0 spiro atoms. The van der Waals surface area contributed by atoms with Crippen molar-refractivity contribution in [2.75, 3.05) is 24.6 Å². The molecule has 1 aromatic rings. The Balaban J connectivity index is 1.57. The molecule has 2 heterocycles. The number of rotatable bonds is 7. The molecule has 2 N–H and O–H groups in total. The molecule has 1 fully saturated rings. The van der Waals surface area contributed by atoms with E-state index in [0.717, 1.165) is 17.9 Å². The lowest BCUT2D eigenvalue weighted by molar-refractivity contribution is -0.134. The van der Waals surface area contributed by atoms with E-state index in [9.17, 15) is 9.59 Å². The molecule has 0 radical (unpaired) electrons. The zero-order valence-corrected chi connectivity index (χ0v) is 13.6. The Kier molecular flexibility index (Phi) is 6.71. The molecule has 2 rings (SSSR count). The summed E-state index contributed by atoms with van der Waals surface area (Å²) in [6.07, 6.45) is 6.60. The van der Waals surface area contributed by atoms with Gasteiger partial charge in [-0.3, -0.25) is 14.6 Å². The fourth-order valence-corrected chi connectivity index (χ4v) is 3.48. The van der Waals surface area contributed by atoms with Crippen molar-refractivity contribution < 1.29 is 9.59 Å². The molecule has 22 heavy (non-hydrogen) atoms. The number of amides is 2. The van der Waals surface area contributed by atoms with E-state index in [4.69, 9.17) is 5.73 Å². The smallest absolute Gasteiger partial charge is 0.223 e. The van der Waals surface area contributed by atoms with Crippen LogP contribution in [0, 0.1) is 5.92 Å². The van der Waals surface area contributed by atoms with E-state index in [2.05, 4.69) is 4.98 Å². The van der Waals surface area contributed by atoms with Crippen LogP contribution in [-0.4, -0.2) is 46.3 Å². The van der Waals surface area contributed by atoms with Gasteiger partial charge in [-0.25, -0.2) is 0 Å². The van der Waals surface area contributed by atoms with Crippen LogP contribution < -0.4 is 5.73 Å². The molecular formula is C16H23N3O2S. The minimum Gasteiger partial charge on any atom is -0.369 e. The second-order valence-electron chi connectivity index (χ2n) is 5.53. The summed E-state index contributed by atoms with van der Waals surface area (Å²) < 4.78 is 0. The average Bonchev–Trinajstić information content (AvgIpc) is 2.55. The summed E-state index contributed by atoms with van der Waals surface area (Å²) >= 11 is 1.80. The monoisotopic (exact) mass is 321 g/mol. The van der Waals surface area contributed by atoms with E-state index < -0.39 is 0 Å². The number of nitrogens with zero attached hydrogens (tertiary/aromatic N) is 2. The van der Waals surface area contributed by atoms with Crippen LogP contribution in [0.15, 0.2) is 24.5 Å². The van der Waals surface area contributed by atoms with Gasteiger partial charge in [0, 0.05) is 43.6 Å². The zero-order valence-electron chi connectivity index (χ0n) is 12.7. The van der Waals surface area contributed by atoms with Gasteiger partial charge in [-0.1, -0.05) is 0 Å². The van der Waals surface area contributed by atoms with Crippen LogP contribution in [0.3, 0.4) is 0 Å². The minimum atomic E-state index is -0.237. The summed E-state index contributed by atoms with van der Waals surface area (Å²) in [6.45, 7) is 1.32. The van der Waals surface area contributed by atoms with Gasteiger partial charge < -0.3 is 10.6 Å². The Morgan fingerprint density at radius 2 is 1.91 bits per heavy atom. The maximum absolute atomic E-state index is 12.1. The maximum atomic E-state index is 12.1. The van der Waals surface area contributed by atoms with Gasteiger partial charge in [0.1, 0.15) is 0 Å². The first-order valence-corrected chi connectivity index (χ1v) is 8.86. The topological polar surface area (TPSA) is 76.3 Å². The minimum absolute atomic E-state index is 0.0567. The van der Waals surface area contributed by atoms with E-state index in [0.29, 0.717) is 32.4 Å². The van der Waals surface area contributed by atoms with Crippen LogP contribution in [-0.2, 0) is 16.0 Å². The van der Waals surface area contributed by atoms with Gasteiger partial charge in [0.25, 0.3) is 0 Å². The second-order valence-corrected chi connectivity index (χ2v) is 6.75. The predicted molar refractivity (Wildman–Crippen MR) is 88.4 cm³/mol. The van der Waals surface area contributed by atoms with E-state index in [-0.39, 0.29) is 17.7 Å². The second kappa shape index (κ2) is 8.78. The van der Waals surface area contributed by atoms with Crippen LogP contribution in [0.1, 0.15) is 24.8 Å². The summed E-state index contributed by atoms with van der Waals surface area (Å²) in [4.78, 5) is 29.1. The Morgan fingerprint density at radius 1 is 1.23 bits per heavy atom. The largest absolute Gasteiger partial charge is 0.369 e. The number of aromatic nitrogens is 1. The van der Waals surface area contributed by atoms with Gasteiger partial charge in [-0.05, 0) is 42.7 Å². The van der Waals surface area contributed by atoms with Crippen LogP contribution >= 0.6 is 11.8 Å². The number of nitrogens with two attached hydrogens (primary N) is 1. The zero-order chi connectivity index (χ0) is 15.8. The van der Waals surface area contributed by atoms with Crippen molar-refractivity contribution in [1.82, 2.24) is 9.88 Å². The number of likely N-dealkylation sites (tertiary alicyclic amines) is 1. The summed E-state index contributed by atoms with van der Waals surface area (Å²) in [6, 6.07) is 4.04. The fraction of sp³-hybridized carbons (Fsp3) is 0.562. The molecule has 0 atom stereocenters. The number of carbonyl (C=O) groups excluding carboxylic acids is 2. The number of hydrogen-bond donors (Lipinski definition) is 1. The Hall–Kier alpha value is -1.56. The van der Waals surface area contributed by atoms with Crippen LogP contribution in [0.4, 0.5) is 0 Å². The van der Waals surface area contributed by atoms with Gasteiger partial charge >= 0.3 is 0 Å². The van der Waals surface area contributed by atoms with Crippen molar-refractivity contribution in [2.24, 2.45) is 11.7 Å². The number of piperidine rings is 1. The molecule has 0 aromatic carbocycles. The normalized spacial score (nSPS) is 15.7. The summed E-state index contributed by atoms with van der Waals surface area (Å²) in [5, 5.41) is 0. The Morgan fingerprint density at radius 3 is 2.55 bits per heavy atom. The highest BCUT2D eigenvalue weighted by atomic mass is 32.2. The first kappa shape index (κ1) is 16.8. The Labute approximate surface area is 135 Å². The molecule has 0 bridgehead atoms. The van der Waals surface area contributed by atoms with Crippen LogP contribution in [0.5, 0.6) is 0 Å². The van der Waals surface area contributed by atoms with Crippen molar-refractivity contribution in [3.63, 3.8) is 0 Å². The van der Waals surface area contributed by atoms with Crippen LogP contribution in [0.25, 0.3) is 0 Å². The third kappa shape index (κ3) is 5.33. The van der Waals surface area contributed by atoms with Crippen molar-refractivity contribution in [3.05, 3.63) is 30.1 Å². The third-order valence-electron chi connectivity index (χ3n) is 3.99. The summed E-state index contributed by atoms with van der Waals surface area (Å²) in [5.74, 6) is 1.76. The molecule has 1 saturated heterocycles. The number of primary amides is 1. The number of thioether (sulfide) groups is 1. The summed E-state index contributed by atoms with van der Waals surface area (Å²) in [5.41, 5.74) is 6.58. The molecule has 1 aromatic heterocycles. The van der Waals surface area contributed by atoms with Gasteiger partial charge in [-0.2, -0.15) is 11.8 Å². The number of pyridine rings is 1. The molecule has 120 valence electrons. The highest BCUT2D eigenvalue weighted by Crippen LogP contribution is 2.18. The lowest BCUT2D eigenvalue weighted by atomic mass is 9.96. The molecule has 6 heteroatoms. The molecule has 0 aliphatic carbocycles. The summed E-state index contributed by atoms with van der Waals surface area (Å²) in [7, 11) is 0. The number of aryl methyl sites for hydroxylation is 1. The molecule has 0 unspecified atom stereocenters. The molecule has 1 aliphatic heterocycles.